The summed E-state index contributed by atoms with van der Waals surface area (Å²) in [6.45, 7) is -3.34. The van der Waals surface area contributed by atoms with Crippen LogP contribution in [0.2, 0.25) is 0 Å². The van der Waals surface area contributed by atoms with Gasteiger partial charge in [-0.15, -0.1) is 5.10 Å². The fourth-order valence-corrected chi connectivity index (χ4v) is 3.69. The maximum Gasteiger partial charge on any atom is 0.227 e. The first-order chi connectivity index (χ1) is 18.1. The van der Waals surface area contributed by atoms with Gasteiger partial charge in [-0.2, -0.15) is 9.67 Å². The lowest BCUT2D eigenvalue weighted by atomic mass is 9.95. The van der Waals surface area contributed by atoms with Gasteiger partial charge in [0.05, 0.1) is 8.94 Å². The van der Waals surface area contributed by atoms with Gasteiger partial charge in [-0.25, -0.2) is 27.5 Å². The molecule has 0 radical (unpaired) electrons. The summed E-state index contributed by atoms with van der Waals surface area (Å²) in [5, 5.41) is 4.11. The molecule has 0 N–H and O–H groups in total. The van der Waals surface area contributed by atoms with Crippen molar-refractivity contribution in [2.75, 3.05) is 25.0 Å². The highest BCUT2D eigenvalue weighted by Crippen LogP contribution is 2.25. The van der Waals surface area contributed by atoms with Crippen LogP contribution in [0.15, 0.2) is 18.3 Å². The van der Waals surface area contributed by atoms with E-state index in [1.54, 1.807) is 18.7 Å². The molecule has 12 heteroatoms. The summed E-state index contributed by atoms with van der Waals surface area (Å²) in [6, 6.07) is 0.495. The minimum Gasteiger partial charge on any atom is -0.341 e. The first kappa shape index (κ1) is 17.8. The van der Waals surface area contributed by atoms with Gasteiger partial charge in [0.2, 0.25) is 11.9 Å². The van der Waals surface area contributed by atoms with E-state index in [1.165, 1.54) is 4.68 Å². The lowest BCUT2D eigenvalue weighted by Crippen LogP contribution is -2.41. The molecule has 8 nitrogen and oxygen atoms in total. The molecular formula is C22H23F4N7O. The van der Waals surface area contributed by atoms with E-state index in [4.69, 9.17) is 6.85 Å². The Hall–Kier alpha value is -3.57. The molecule has 3 aromatic rings. The molecule has 180 valence electrons. The van der Waals surface area contributed by atoms with Gasteiger partial charge in [0.1, 0.15) is 17.5 Å². The highest BCUT2D eigenvalue weighted by molar-refractivity contribution is 5.79. The van der Waals surface area contributed by atoms with Crippen molar-refractivity contribution in [3.8, 4) is 5.82 Å². The van der Waals surface area contributed by atoms with Crippen molar-refractivity contribution >= 4 is 11.9 Å². The van der Waals surface area contributed by atoms with E-state index in [-0.39, 0.29) is 48.7 Å². The lowest BCUT2D eigenvalue weighted by Gasteiger charge is -2.33. The van der Waals surface area contributed by atoms with Crippen LogP contribution >= 0.6 is 0 Å². The Morgan fingerprint density at radius 1 is 1.18 bits per heavy atom. The number of carbonyl (C=O) groups excluding carboxylic acids is 1. The Morgan fingerprint density at radius 2 is 1.91 bits per heavy atom. The van der Waals surface area contributed by atoms with Crippen molar-refractivity contribution < 1.29 is 29.2 Å². The summed E-state index contributed by atoms with van der Waals surface area (Å²) in [7, 11) is 0. The molecular weight excluding hydrogens is 454 g/mol. The van der Waals surface area contributed by atoms with Crippen LogP contribution in [0.25, 0.3) is 5.82 Å². The van der Waals surface area contributed by atoms with Crippen LogP contribution in [-0.4, -0.2) is 55.6 Å². The van der Waals surface area contributed by atoms with Gasteiger partial charge < -0.3 is 9.80 Å². The Morgan fingerprint density at radius 3 is 2.56 bits per heavy atom. The second kappa shape index (κ2) is 9.35. The van der Waals surface area contributed by atoms with Crippen molar-refractivity contribution in [3.63, 3.8) is 0 Å². The number of anilines is 1. The third-order valence-corrected chi connectivity index (χ3v) is 5.36. The molecule has 3 heterocycles. The maximum absolute atomic E-state index is 14.5. The zero-order valence-corrected chi connectivity index (χ0v) is 18.2. The summed E-state index contributed by atoms with van der Waals surface area (Å²) in [6.07, 6.45) is 0.987. The number of aromatic nitrogens is 5. The number of nitrogens with zero attached hydrogens (tertiary/aromatic N) is 7. The third kappa shape index (κ3) is 4.70. The van der Waals surface area contributed by atoms with Crippen LogP contribution < -0.4 is 4.90 Å². The average molecular weight is 482 g/mol. The summed E-state index contributed by atoms with van der Waals surface area (Å²) in [4.78, 5) is 27.1. The van der Waals surface area contributed by atoms with Gasteiger partial charge in [-0.05, 0) is 32.8 Å². The van der Waals surface area contributed by atoms with Gasteiger partial charge in [0.25, 0.3) is 0 Å². The van der Waals surface area contributed by atoms with Gasteiger partial charge >= 0.3 is 0 Å². The molecule has 0 unspecified atom stereocenters. The van der Waals surface area contributed by atoms with E-state index in [0.29, 0.717) is 17.7 Å². The molecule has 1 fully saturated rings. The number of hydrogen-bond donors (Lipinski definition) is 0. The highest BCUT2D eigenvalue weighted by atomic mass is 19.2. The van der Waals surface area contributed by atoms with Gasteiger partial charge in [0, 0.05) is 48.2 Å². The molecule has 2 aromatic heterocycles. The third-order valence-electron chi connectivity index (χ3n) is 5.36. The molecule has 0 spiro atoms. The minimum absolute atomic E-state index is 0.0129. The highest BCUT2D eigenvalue weighted by Gasteiger charge is 2.29. The standard InChI is InChI=1S/C22H23F4N7O/c1-12-28-13(2)33(30-12)20-18(25)10-27-22(29-20)32-6-4-14(5-7-32)21(34)31(3)11-15-8-16(23)9-17(24)19(15)26/h8-10,14H,4-7,11H2,1-3H3/i3D3,11D2. The van der Waals surface area contributed by atoms with Crippen LogP contribution in [0.1, 0.15) is 36.9 Å². The van der Waals surface area contributed by atoms with Crippen molar-refractivity contribution in [3.05, 3.63) is 58.8 Å². The molecule has 1 aliphatic heterocycles. The fourth-order valence-electron chi connectivity index (χ4n) is 3.69. The number of benzene rings is 1. The monoisotopic (exact) mass is 482 g/mol. The minimum atomic E-state index is -3.41. The van der Waals surface area contributed by atoms with E-state index < -0.39 is 54.1 Å². The summed E-state index contributed by atoms with van der Waals surface area (Å²) in [5.74, 6) is -7.04. The molecule has 1 aliphatic rings. The summed E-state index contributed by atoms with van der Waals surface area (Å²) in [5.41, 5.74) is -1.26. The molecule has 0 aliphatic carbocycles. The predicted octanol–water partition coefficient (Wildman–Crippen LogP) is 3.11. The zero-order valence-electron chi connectivity index (χ0n) is 23.2. The molecule has 1 aromatic carbocycles. The van der Waals surface area contributed by atoms with Crippen LogP contribution in [0.3, 0.4) is 0 Å². The molecule has 1 amide bonds. The second-order valence-corrected chi connectivity index (χ2v) is 7.76. The van der Waals surface area contributed by atoms with E-state index in [2.05, 4.69) is 20.1 Å². The van der Waals surface area contributed by atoms with Crippen LogP contribution in [0.5, 0.6) is 0 Å². The maximum atomic E-state index is 14.5. The number of rotatable bonds is 5. The van der Waals surface area contributed by atoms with Gasteiger partial charge in [-0.1, -0.05) is 0 Å². The second-order valence-electron chi connectivity index (χ2n) is 7.76. The van der Waals surface area contributed by atoms with Crippen LogP contribution in [0.4, 0.5) is 23.5 Å². The first-order valence-electron chi connectivity index (χ1n) is 12.8. The summed E-state index contributed by atoms with van der Waals surface area (Å²) >= 11 is 0. The smallest absolute Gasteiger partial charge is 0.227 e. The largest absolute Gasteiger partial charge is 0.341 e. The average Bonchev–Trinajstić information content (AvgIpc) is 3.18. The lowest BCUT2D eigenvalue weighted by molar-refractivity contribution is -0.135. The molecule has 0 bridgehead atoms. The number of amides is 1. The first-order valence-corrected chi connectivity index (χ1v) is 10.3. The van der Waals surface area contributed by atoms with E-state index in [0.717, 1.165) is 6.20 Å². The summed E-state index contributed by atoms with van der Waals surface area (Å²) < 4.78 is 97.4. The number of piperidine rings is 1. The Labute approximate surface area is 200 Å². The number of hydrogen-bond acceptors (Lipinski definition) is 6. The number of aryl methyl sites for hydroxylation is 2. The molecule has 1 saturated heterocycles. The number of halogens is 4. The normalized spacial score (nSPS) is 17.5. The van der Waals surface area contributed by atoms with Crippen molar-refractivity contribution in [2.45, 2.75) is 33.2 Å². The molecule has 0 saturated carbocycles. The van der Waals surface area contributed by atoms with Crippen molar-refractivity contribution in [1.82, 2.24) is 29.6 Å². The Balaban J connectivity index is 1.57. The van der Waals surface area contributed by atoms with E-state index in [1.807, 2.05) is 0 Å². The number of carbonyl (C=O) groups is 1. The molecule has 34 heavy (non-hydrogen) atoms. The quantitative estimate of drug-likeness (QED) is 0.411. The zero-order chi connectivity index (χ0) is 28.9. The van der Waals surface area contributed by atoms with E-state index in [9.17, 15) is 22.4 Å². The Bertz CT molecular complexity index is 1410. The SMILES string of the molecule is [2H]C([2H])([2H])N(C(=O)C1CCN(c2ncc(F)c(-n3nc(C)nc3C)n2)CC1)C([2H])([2H])c1cc(F)cc(F)c1F. The predicted molar refractivity (Wildman–Crippen MR) is 114 cm³/mol. The molecule has 0 atom stereocenters. The topological polar surface area (TPSA) is 80.0 Å². The van der Waals surface area contributed by atoms with Crippen molar-refractivity contribution in [2.24, 2.45) is 5.92 Å². The van der Waals surface area contributed by atoms with Crippen molar-refractivity contribution in [1.29, 1.82) is 0 Å². The Kier molecular flexibility index (Phi) is 4.91. The van der Waals surface area contributed by atoms with Crippen LogP contribution in [-0.2, 0) is 11.3 Å². The van der Waals surface area contributed by atoms with Gasteiger partial charge in [0.15, 0.2) is 23.3 Å². The van der Waals surface area contributed by atoms with Crippen LogP contribution in [0, 0.1) is 43.0 Å². The van der Waals surface area contributed by atoms with Gasteiger partial charge in [-0.3, -0.25) is 4.79 Å². The fraction of sp³-hybridized carbons (Fsp3) is 0.409. The molecule has 4 rings (SSSR count). The van der Waals surface area contributed by atoms with E-state index >= 15 is 0 Å².